The van der Waals surface area contributed by atoms with E-state index in [0.29, 0.717) is 46.2 Å². The molecule has 0 bridgehead atoms. The first-order valence-electron chi connectivity index (χ1n) is 12.0. The molecule has 1 N–H and O–H groups in total. The number of nitrogens with one attached hydrogen (secondary N) is 1. The fraction of sp³-hybridized carbons (Fsp3) is 0.346. The molecule has 2 fully saturated rings. The highest BCUT2D eigenvalue weighted by molar-refractivity contribution is 6.01. The monoisotopic (exact) mass is 505 g/mol. The van der Waals surface area contributed by atoms with Gasteiger partial charge in [-0.2, -0.15) is 5.10 Å². The molecule has 37 heavy (non-hydrogen) atoms. The van der Waals surface area contributed by atoms with Gasteiger partial charge in [0.05, 0.1) is 18.0 Å². The number of methoxy groups -OCH3 is 1. The van der Waals surface area contributed by atoms with E-state index in [1.807, 2.05) is 37.4 Å². The minimum atomic E-state index is -2.57. The van der Waals surface area contributed by atoms with Crippen molar-refractivity contribution >= 4 is 22.8 Å². The van der Waals surface area contributed by atoms with Gasteiger partial charge in [0.1, 0.15) is 29.8 Å². The topological polar surface area (TPSA) is 98.1 Å². The summed E-state index contributed by atoms with van der Waals surface area (Å²) in [5, 5.41) is 7.41. The Kier molecular flexibility index (Phi) is 5.59. The van der Waals surface area contributed by atoms with Crippen molar-refractivity contribution in [3.8, 4) is 28.3 Å². The van der Waals surface area contributed by atoms with E-state index in [4.69, 9.17) is 9.72 Å². The molecule has 9 nitrogen and oxygen atoms in total. The predicted octanol–water partition coefficient (Wildman–Crippen LogP) is 3.72. The summed E-state index contributed by atoms with van der Waals surface area (Å²) >= 11 is 0. The van der Waals surface area contributed by atoms with E-state index >= 15 is 0 Å². The highest BCUT2D eigenvalue weighted by atomic mass is 19.3. The number of aromatic nitrogens is 5. The first kappa shape index (κ1) is 23.4. The quantitative estimate of drug-likeness (QED) is 0.409. The third-order valence-electron chi connectivity index (χ3n) is 7.18. The summed E-state index contributed by atoms with van der Waals surface area (Å²) in [6.07, 6.45) is 1.22. The lowest BCUT2D eigenvalue weighted by atomic mass is 10.0. The van der Waals surface area contributed by atoms with Crippen molar-refractivity contribution in [1.82, 2.24) is 29.6 Å². The van der Waals surface area contributed by atoms with Crippen LogP contribution in [0.4, 0.5) is 14.6 Å². The van der Waals surface area contributed by atoms with Crippen molar-refractivity contribution in [2.75, 3.05) is 32.6 Å². The van der Waals surface area contributed by atoms with Gasteiger partial charge < -0.3 is 15.0 Å². The van der Waals surface area contributed by atoms with Crippen LogP contribution >= 0.6 is 0 Å². The lowest BCUT2D eigenvalue weighted by Gasteiger charge is -2.17. The number of piperidine rings is 1. The van der Waals surface area contributed by atoms with E-state index < -0.39 is 18.4 Å². The largest absolute Gasteiger partial charge is 0.493 e. The Bertz CT molecular complexity index is 1490. The Morgan fingerprint density at radius 3 is 2.76 bits per heavy atom. The number of rotatable bonds is 7. The number of hydrogen-bond donors (Lipinski definition) is 1. The van der Waals surface area contributed by atoms with Gasteiger partial charge in [0.2, 0.25) is 5.91 Å². The molecule has 1 aliphatic heterocycles. The van der Waals surface area contributed by atoms with E-state index in [1.54, 1.807) is 12.3 Å². The van der Waals surface area contributed by atoms with Gasteiger partial charge >= 0.3 is 0 Å². The van der Waals surface area contributed by atoms with Gasteiger partial charge in [-0.1, -0.05) is 30.3 Å². The van der Waals surface area contributed by atoms with Crippen molar-refractivity contribution in [3.63, 3.8) is 0 Å². The van der Waals surface area contributed by atoms with Crippen LogP contribution in [0.5, 0.6) is 5.75 Å². The fourth-order valence-corrected chi connectivity index (χ4v) is 5.37. The standard InChI is InChI=1S/C26H25F2N7O2/c1-34-10-16-9-26(16,13-34)25(36)32-24-19(37-2)8-18-23(31-24)22(30-14-29-18)17-11-35(12-20(27)28)33-21(17)15-6-4-3-5-7-15/h3-8,11,14,16,20H,9-10,12-13H2,1-2H3,(H,31,32,36)/t16-,26-/m0/s1. The number of ether oxygens (including phenoxy) is 1. The first-order chi connectivity index (χ1) is 17.9. The smallest absolute Gasteiger partial charge is 0.257 e. The van der Waals surface area contributed by atoms with Crippen LogP contribution in [-0.2, 0) is 11.3 Å². The SMILES string of the molecule is COc1cc2ncnc(-c3cn(CC(F)F)nc3-c3ccccc3)c2nc1NC(=O)[C@]12C[C@H]1CN(C)C2. The van der Waals surface area contributed by atoms with Gasteiger partial charge in [-0.05, 0) is 19.4 Å². The fourth-order valence-electron chi connectivity index (χ4n) is 5.37. The number of anilines is 1. The first-order valence-corrected chi connectivity index (χ1v) is 12.0. The van der Waals surface area contributed by atoms with E-state index in [-0.39, 0.29) is 11.7 Å². The highest BCUT2D eigenvalue weighted by Crippen LogP contribution is 2.58. The highest BCUT2D eigenvalue weighted by Gasteiger charge is 2.64. The van der Waals surface area contributed by atoms with Gasteiger partial charge in [-0.3, -0.25) is 9.48 Å². The Hall–Kier alpha value is -3.99. The second-order valence-electron chi connectivity index (χ2n) is 9.71. The average molecular weight is 506 g/mol. The Morgan fingerprint density at radius 2 is 2.05 bits per heavy atom. The number of carbonyl (C=O) groups is 1. The molecular weight excluding hydrogens is 480 g/mol. The summed E-state index contributed by atoms with van der Waals surface area (Å²) in [6, 6.07) is 11.0. The number of hydrogen-bond acceptors (Lipinski definition) is 7. The molecule has 0 radical (unpaired) electrons. The zero-order chi connectivity index (χ0) is 25.7. The molecule has 0 unspecified atom stereocenters. The summed E-state index contributed by atoms with van der Waals surface area (Å²) in [5.74, 6) is 0.908. The molecule has 1 amide bonds. The normalized spacial score (nSPS) is 20.8. The molecule has 1 aromatic carbocycles. The number of alkyl halides is 2. The molecule has 4 aromatic rings. The average Bonchev–Trinajstić information content (AvgIpc) is 3.24. The molecule has 1 saturated carbocycles. The number of pyridine rings is 1. The molecule has 0 spiro atoms. The number of halogens is 2. The van der Waals surface area contributed by atoms with Crippen molar-refractivity contribution in [2.45, 2.75) is 19.4 Å². The summed E-state index contributed by atoms with van der Waals surface area (Å²) in [5.41, 5.74) is 2.70. The summed E-state index contributed by atoms with van der Waals surface area (Å²) in [6.45, 7) is 1.05. The molecule has 4 heterocycles. The van der Waals surface area contributed by atoms with Gasteiger partial charge in [-0.25, -0.2) is 23.7 Å². The van der Waals surface area contributed by atoms with Crippen molar-refractivity contribution in [2.24, 2.45) is 11.3 Å². The van der Waals surface area contributed by atoms with Gasteiger partial charge in [-0.15, -0.1) is 0 Å². The number of nitrogens with zero attached hydrogens (tertiary/aromatic N) is 6. The molecule has 11 heteroatoms. The summed E-state index contributed by atoms with van der Waals surface area (Å²) in [7, 11) is 3.52. The second-order valence-corrected chi connectivity index (χ2v) is 9.71. The molecule has 2 atom stereocenters. The minimum Gasteiger partial charge on any atom is -0.493 e. The Balaban J connectivity index is 1.45. The van der Waals surface area contributed by atoms with Gasteiger partial charge in [0, 0.05) is 36.5 Å². The lowest BCUT2D eigenvalue weighted by Crippen LogP contribution is -2.31. The van der Waals surface area contributed by atoms with Crippen LogP contribution in [0.15, 0.2) is 48.9 Å². The number of likely N-dealkylation sites (tertiary alicyclic amines) is 1. The number of benzene rings is 1. The predicted molar refractivity (Wildman–Crippen MR) is 133 cm³/mol. The third-order valence-corrected chi connectivity index (χ3v) is 7.18. The summed E-state index contributed by atoms with van der Waals surface area (Å²) in [4.78, 5) is 29.0. The van der Waals surface area contributed by atoms with Crippen molar-refractivity contribution < 1.29 is 18.3 Å². The van der Waals surface area contributed by atoms with Crippen LogP contribution in [0.2, 0.25) is 0 Å². The third kappa shape index (κ3) is 4.08. The molecule has 3 aromatic heterocycles. The summed E-state index contributed by atoms with van der Waals surface area (Å²) < 4.78 is 33.2. The van der Waals surface area contributed by atoms with E-state index in [9.17, 15) is 13.6 Å². The maximum absolute atomic E-state index is 13.3. The molecule has 2 aliphatic rings. The molecular formula is C26H25F2N7O2. The van der Waals surface area contributed by atoms with E-state index in [0.717, 1.165) is 18.5 Å². The minimum absolute atomic E-state index is 0.0832. The maximum Gasteiger partial charge on any atom is 0.257 e. The number of carbonyl (C=O) groups excluding carboxylic acids is 1. The maximum atomic E-state index is 13.3. The number of amides is 1. The Labute approximate surface area is 211 Å². The Morgan fingerprint density at radius 1 is 1.24 bits per heavy atom. The zero-order valence-electron chi connectivity index (χ0n) is 20.4. The van der Waals surface area contributed by atoms with Crippen LogP contribution in [-0.4, -0.2) is 69.2 Å². The van der Waals surface area contributed by atoms with Crippen LogP contribution in [0.1, 0.15) is 6.42 Å². The van der Waals surface area contributed by atoms with Crippen molar-refractivity contribution in [3.05, 3.63) is 48.9 Å². The van der Waals surface area contributed by atoms with Crippen LogP contribution < -0.4 is 10.1 Å². The molecule has 190 valence electrons. The van der Waals surface area contributed by atoms with Crippen molar-refractivity contribution in [1.29, 1.82) is 0 Å². The number of fused-ring (bicyclic) bond motifs is 2. The van der Waals surface area contributed by atoms with E-state index in [1.165, 1.54) is 18.1 Å². The van der Waals surface area contributed by atoms with Gasteiger partial charge in [0.25, 0.3) is 6.43 Å². The second kappa shape index (κ2) is 8.84. The molecule has 1 aliphatic carbocycles. The lowest BCUT2D eigenvalue weighted by molar-refractivity contribution is -0.121. The van der Waals surface area contributed by atoms with E-state index in [2.05, 4.69) is 25.3 Å². The zero-order valence-corrected chi connectivity index (χ0v) is 20.4. The molecule has 6 rings (SSSR count). The van der Waals surface area contributed by atoms with Crippen LogP contribution in [0, 0.1) is 11.3 Å². The van der Waals surface area contributed by atoms with Crippen LogP contribution in [0.3, 0.4) is 0 Å². The molecule has 1 saturated heterocycles. The van der Waals surface area contributed by atoms with Crippen LogP contribution in [0.25, 0.3) is 33.5 Å². The van der Waals surface area contributed by atoms with Gasteiger partial charge in [0.15, 0.2) is 11.6 Å².